The summed E-state index contributed by atoms with van der Waals surface area (Å²) in [5.74, 6) is 0. The third kappa shape index (κ3) is 2.71. The fraction of sp³-hybridized carbons (Fsp3) is 0.286. The molecule has 0 bridgehead atoms. The smallest absolute Gasteiger partial charge is 0.265 e. The van der Waals surface area contributed by atoms with Gasteiger partial charge in [0.15, 0.2) is 0 Å². The molecule has 0 spiro atoms. The lowest BCUT2D eigenvalue weighted by molar-refractivity contribution is 0.277. The van der Waals surface area contributed by atoms with Crippen LogP contribution in [0.25, 0.3) is 0 Å². The van der Waals surface area contributed by atoms with Crippen LogP contribution >= 0.6 is 0 Å². The van der Waals surface area contributed by atoms with Gasteiger partial charge in [0.1, 0.15) is 4.90 Å². The molecule has 2 rings (SSSR count). The number of benzene rings is 1. The van der Waals surface area contributed by atoms with E-state index in [1.54, 1.807) is 19.1 Å². The topological polar surface area (TPSA) is 73.4 Å². The van der Waals surface area contributed by atoms with E-state index in [1.807, 2.05) is 19.1 Å². The summed E-state index contributed by atoms with van der Waals surface area (Å²) >= 11 is 0. The number of H-pyrrole nitrogens is 1. The quantitative estimate of drug-likeness (QED) is 0.886. The first-order valence-electron chi connectivity index (χ1n) is 6.36. The summed E-state index contributed by atoms with van der Waals surface area (Å²) in [6.45, 7) is 3.86. The van der Waals surface area contributed by atoms with E-state index in [2.05, 4.69) is 4.98 Å². The molecule has 0 aliphatic heterocycles. The molecular weight excluding hydrogens is 276 g/mol. The van der Waals surface area contributed by atoms with Crippen molar-refractivity contribution in [1.82, 2.24) is 4.98 Å². The zero-order valence-corrected chi connectivity index (χ0v) is 12.3. The van der Waals surface area contributed by atoms with Gasteiger partial charge < -0.3 is 10.1 Å². The average molecular weight is 294 g/mol. The number of anilines is 1. The molecule has 0 atom stereocenters. The van der Waals surface area contributed by atoms with Crippen molar-refractivity contribution in [3.05, 3.63) is 47.8 Å². The Balaban J connectivity index is 2.41. The first-order valence-corrected chi connectivity index (χ1v) is 7.80. The first-order chi connectivity index (χ1) is 9.48. The van der Waals surface area contributed by atoms with Crippen LogP contribution in [0.15, 0.2) is 41.4 Å². The van der Waals surface area contributed by atoms with Crippen molar-refractivity contribution >= 4 is 15.7 Å². The molecule has 0 radical (unpaired) electrons. The Bertz CT molecular complexity index is 675. The van der Waals surface area contributed by atoms with Crippen molar-refractivity contribution in [3.8, 4) is 0 Å². The molecule has 0 saturated carbocycles. The lowest BCUT2D eigenvalue weighted by atomic mass is 10.2. The van der Waals surface area contributed by atoms with Gasteiger partial charge in [-0.3, -0.25) is 4.31 Å². The Hall–Kier alpha value is -1.79. The van der Waals surface area contributed by atoms with Gasteiger partial charge in [0, 0.05) is 18.4 Å². The number of aliphatic hydroxyl groups is 1. The van der Waals surface area contributed by atoms with Crippen LogP contribution in [0.1, 0.15) is 18.2 Å². The predicted molar refractivity (Wildman–Crippen MR) is 78.1 cm³/mol. The van der Waals surface area contributed by atoms with E-state index in [4.69, 9.17) is 5.11 Å². The normalized spacial score (nSPS) is 11.6. The van der Waals surface area contributed by atoms with Gasteiger partial charge in [-0.1, -0.05) is 17.7 Å². The Morgan fingerprint density at radius 1 is 1.25 bits per heavy atom. The number of hydrogen-bond acceptors (Lipinski definition) is 3. The van der Waals surface area contributed by atoms with Gasteiger partial charge in [-0.15, -0.1) is 0 Å². The minimum Gasteiger partial charge on any atom is -0.390 e. The Kier molecular flexibility index (Phi) is 4.15. The molecule has 0 amide bonds. The van der Waals surface area contributed by atoms with Crippen molar-refractivity contribution < 1.29 is 13.5 Å². The largest absolute Gasteiger partial charge is 0.390 e. The Morgan fingerprint density at radius 3 is 2.40 bits per heavy atom. The maximum Gasteiger partial charge on any atom is 0.265 e. The Labute approximate surface area is 118 Å². The van der Waals surface area contributed by atoms with Gasteiger partial charge in [0.05, 0.1) is 12.3 Å². The molecule has 2 aromatic rings. The predicted octanol–water partition coefficient (Wildman–Crippen LogP) is 2.03. The number of nitrogens with zero attached hydrogens (tertiary/aromatic N) is 1. The van der Waals surface area contributed by atoms with E-state index in [9.17, 15) is 8.42 Å². The molecule has 1 aromatic heterocycles. The number of aromatic amines is 1. The molecule has 6 heteroatoms. The van der Waals surface area contributed by atoms with Crippen LogP contribution in [0.4, 0.5) is 5.69 Å². The molecule has 0 aliphatic rings. The van der Waals surface area contributed by atoms with Gasteiger partial charge in [-0.25, -0.2) is 8.42 Å². The summed E-state index contributed by atoms with van der Waals surface area (Å²) < 4.78 is 26.5. The zero-order valence-electron chi connectivity index (χ0n) is 11.5. The van der Waals surface area contributed by atoms with Gasteiger partial charge in [-0.2, -0.15) is 0 Å². The highest BCUT2D eigenvalue weighted by Crippen LogP contribution is 2.24. The molecule has 0 unspecified atom stereocenters. The van der Waals surface area contributed by atoms with Crippen molar-refractivity contribution in [1.29, 1.82) is 0 Å². The number of rotatable bonds is 5. The third-order valence-corrected chi connectivity index (χ3v) is 4.96. The lowest BCUT2D eigenvalue weighted by Crippen LogP contribution is -2.30. The minimum absolute atomic E-state index is 0.156. The van der Waals surface area contributed by atoms with Gasteiger partial charge >= 0.3 is 0 Å². The highest BCUT2D eigenvalue weighted by atomic mass is 32.2. The number of aliphatic hydroxyl groups excluding tert-OH is 1. The van der Waals surface area contributed by atoms with E-state index < -0.39 is 10.0 Å². The van der Waals surface area contributed by atoms with Gasteiger partial charge in [0.25, 0.3) is 10.0 Å². The summed E-state index contributed by atoms with van der Waals surface area (Å²) in [6, 6.07) is 8.78. The summed E-state index contributed by atoms with van der Waals surface area (Å²) in [7, 11) is -3.62. The molecule has 2 N–H and O–H groups in total. The third-order valence-electron chi connectivity index (χ3n) is 3.08. The van der Waals surface area contributed by atoms with E-state index in [-0.39, 0.29) is 11.5 Å². The average Bonchev–Trinajstić information content (AvgIpc) is 2.91. The molecule has 1 heterocycles. The summed E-state index contributed by atoms with van der Waals surface area (Å²) in [6.07, 6.45) is 1.40. The zero-order chi connectivity index (χ0) is 14.8. The van der Waals surface area contributed by atoms with Crippen LogP contribution in [0.5, 0.6) is 0 Å². The fourth-order valence-corrected chi connectivity index (χ4v) is 3.48. The number of sulfonamides is 1. The second-order valence-electron chi connectivity index (χ2n) is 4.52. The molecule has 0 saturated heterocycles. The number of aryl methyl sites for hydroxylation is 1. The van der Waals surface area contributed by atoms with Gasteiger partial charge in [0.2, 0.25) is 0 Å². The van der Waals surface area contributed by atoms with E-state index in [0.717, 1.165) is 5.56 Å². The molecule has 20 heavy (non-hydrogen) atoms. The minimum atomic E-state index is -3.62. The summed E-state index contributed by atoms with van der Waals surface area (Å²) in [4.78, 5) is 2.90. The first kappa shape index (κ1) is 14.6. The van der Waals surface area contributed by atoms with Crippen LogP contribution in [0, 0.1) is 6.92 Å². The highest BCUT2D eigenvalue weighted by Gasteiger charge is 2.24. The highest BCUT2D eigenvalue weighted by molar-refractivity contribution is 7.92. The second-order valence-corrected chi connectivity index (χ2v) is 6.39. The molecule has 1 aromatic carbocycles. The molecule has 0 fully saturated rings. The van der Waals surface area contributed by atoms with Crippen molar-refractivity contribution in [2.24, 2.45) is 0 Å². The molecule has 0 aliphatic carbocycles. The molecule has 108 valence electrons. The maximum absolute atomic E-state index is 12.6. The molecule has 5 nitrogen and oxygen atoms in total. The van der Waals surface area contributed by atoms with Crippen molar-refractivity contribution in [2.45, 2.75) is 25.3 Å². The summed E-state index contributed by atoms with van der Waals surface area (Å²) in [5, 5.41) is 9.02. The SMILES string of the molecule is CCN(c1ccc(C)cc1)S(=O)(=O)c1c[nH]c(CO)c1. The standard InChI is InChI=1S/C14H18N2O3S/c1-3-16(13-6-4-11(2)5-7-13)20(18,19)14-8-12(10-17)15-9-14/h4-9,15,17H,3,10H2,1-2H3. The van der Waals surface area contributed by atoms with Gasteiger partial charge in [-0.05, 0) is 32.0 Å². The van der Waals surface area contributed by atoms with E-state index >= 15 is 0 Å². The van der Waals surface area contributed by atoms with Crippen molar-refractivity contribution in [3.63, 3.8) is 0 Å². The molecular formula is C14H18N2O3S. The Morgan fingerprint density at radius 2 is 1.90 bits per heavy atom. The second kappa shape index (κ2) is 5.68. The van der Waals surface area contributed by atoms with Crippen molar-refractivity contribution in [2.75, 3.05) is 10.8 Å². The lowest BCUT2D eigenvalue weighted by Gasteiger charge is -2.22. The maximum atomic E-state index is 12.6. The van der Waals surface area contributed by atoms with Crippen LogP contribution in [-0.2, 0) is 16.6 Å². The van der Waals surface area contributed by atoms with Crippen LogP contribution in [0.3, 0.4) is 0 Å². The number of hydrogen-bond donors (Lipinski definition) is 2. The van der Waals surface area contributed by atoms with E-state index in [1.165, 1.54) is 16.6 Å². The van der Waals surface area contributed by atoms with Crippen LogP contribution in [0.2, 0.25) is 0 Å². The van der Waals surface area contributed by atoms with E-state index in [0.29, 0.717) is 17.9 Å². The van der Waals surface area contributed by atoms with Crippen LogP contribution in [-0.4, -0.2) is 25.1 Å². The summed E-state index contributed by atoms with van der Waals surface area (Å²) in [5.41, 5.74) is 2.18. The van der Waals surface area contributed by atoms with Crippen LogP contribution < -0.4 is 4.31 Å². The number of nitrogens with one attached hydrogen (secondary N) is 1. The number of aromatic nitrogens is 1. The monoisotopic (exact) mass is 294 g/mol. The fourth-order valence-electron chi connectivity index (χ4n) is 1.99.